The molecule has 146 valence electrons. The summed E-state index contributed by atoms with van der Waals surface area (Å²) >= 11 is 1.29. The van der Waals surface area contributed by atoms with E-state index in [1.54, 1.807) is 30.5 Å². The first-order valence-electron chi connectivity index (χ1n) is 8.12. The van der Waals surface area contributed by atoms with E-state index in [4.69, 9.17) is 0 Å². The van der Waals surface area contributed by atoms with Crippen LogP contribution in [0.5, 0.6) is 0 Å². The summed E-state index contributed by atoms with van der Waals surface area (Å²) in [6.45, 7) is 0. The quantitative estimate of drug-likeness (QED) is 0.563. The van der Waals surface area contributed by atoms with Crippen molar-refractivity contribution in [3.8, 4) is 0 Å². The Kier molecular flexibility index (Phi) is 5.90. The van der Waals surface area contributed by atoms with Gasteiger partial charge in [0.1, 0.15) is 5.82 Å². The molecule has 0 saturated carbocycles. The molecule has 0 aliphatic carbocycles. The highest BCUT2D eigenvalue weighted by atomic mass is 32.2. The van der Waals surface area contributed by atoms with Crippen molar-refractivity contribution in [3.63, 3.8) is 0 Å². The van der Waals surface area contributed by atoms with E-state index >= 15 is 0 Å². The number of anilines is 3. The Bertz CT molecular complexity index is 1100. The van der Waals surface area contributed by atoms with Gasteiger partial charge in [-0.15, -0.1) is 11.3 Å². The predicted octanol–water partition coefficient (Wildman–Crippen LogP) is 3.89. The van der Waals surface area contributed by atoms with E-state index < -0.39 is 16.1 Å². The fourth-order valence-electron chi connectivity index (χ4n) is 2.43. The topological polar surface area (TPSA) is 100 Å². The van der Waals surface area contributed by atoms with Crippen molar-refractivity contribution >= 4 is 43.9 Å². The molecule has 2 amide bonds. The van der Waals surface area contributed by atoms with E-state index in [2.05, 4.69) is 20.3 Å². The SMILES string of the molecule is CS(=O)(=O)Nc1cccc(NC(=O)Nc2ncc(Cc3cccc(F)c3)s2)c1. The van der Waals surface area contributed by atoms with Gasteiger partial charge in [0.15, 0.2) is 5.13 Å². The molecule has 0 radical (unpaired) electrons. The van der Waals surface area contributed by atoms with Crippen LogP contribution in [0.15, 0.2) is 54.7 Å². The first-order valence-corrected chi connectivity index (χ1v) is 10.8. The van der Waals surface area contributed by atoms with Gasteiger partial charge in [-0.05, 0) is 35.9 Å². The summed E-state index contributed by atoms with van der Waals surface area (Å²) in [6, 6.07) is 12.1. The van der Waals surface area contributed by atoms with E-state index in [0.717, 1.165) is 16.7 Å². The summed E-state index contributed by atoms with van der Waals surface area (Å²) in [4.78, 5) is 17.2. The molecule has 0 atom stereocenters. The lowest BCUT2D eigenvalue weighted by Gasteiger charge is -2.08. The molecule has 7 nitrogen and oxygen atoms in total. The molecule has 3 N–H and O–H groups in total. The monoisotopic (exact) mass is 420 g/mol. The first kappa shape index (κ1) is 19.8. The summed E-state index contributed by atoms with van der Waals surface area (Å²) in [5, 5.41) is 5.63. The fourth-order valence-corrected chi connectivity index (χ4v) is 3.83. The molecular weight excluding hydrogens is 403 g/mol. The standard InChI is InChI=1S/C18H17FN4O3S2/c1-28(25,26)23-15-7-3-6-14(10-15)21-17(24)22-18-20-11-16(27-18)9-12-4-2-5-13(19)8-12/h2-8,10-11,23H,9H2,1H3,(H2,20,21,22,24). The molecule has 10 heteroatoms. The van der Waals surface area contributed by atoms with Crippen molar-refractivity contribution < 1.29 is 17.6 Å². The molecule has 0 aliphatic heterocycles. The molecular formula is C18H17FN4O3S2. The van der Waals surface area contributed by atoms with Crippen molar-refractivity contribution in [2.24, 2.45) is 0 Å². The van der Waals surface area contributed by atoms with Gasteiger partial charge in [-0.1, -0.05) is 18.2 Å². The van der Waals surface area contributed by atoms with Crippen LogP contribution < -0.4 is 15.4 Å². The third kappa shape index (κ3) is 6.03. The Labute approximate surface area is 165 Å². The molecule has 3 aromatic rings. The molecule has 28 heavy (non-hydrogen) atoms. The lowest BCUT2D eigenvalue weighted by atomic mass is 10.1. The number of hydrogen-bond acceptors (Lipinski definition) is 5. The third-order valence-corrected chi connectivity index (χ3v) is 4.98. The summed E-state index contributed by atoms with van der Waals surface area (Å²) < 4.78 is 38.2. The number of urea groups is 1. The van der Waals surface area contributed by atoms with Crippen LogP contribution in [0.4, 0.5) is 25.7 Å². The van der Waals surface area contributed by atoms with E-state index in [9.17, 15) is 17.6 Å². The van der Waals surface area contributed by atoms with Gasteiger partial charge in [-0.2, -0.15) is 0 Å². The van der Waals surface area contributed by atoms with Crippen LogP contribution in [0.25, 0.3) is 0 Å². The maximum absolute atomic E-state index is 13.3. The predicted molar refractivity (Wildman–Crippen MR) is 109 cm³/mol. The van der Waals surface area contributed by atoms with Crippen molar-refractivity contribution in [1.82, 2.24) is 4.98 Å². The van der Waals surface area contributed by atoms with Crippen LogP contribution >= 0.6 is 11.3 Å². The third-order valence-electron chi connectivity index (χ3n) is 3.47. The fraction of sp³-hybridized carbons (Fsp3) is 0.111. The minimum Gasteiger partial charge on any atom is -0.308 e. The Morgan fingerprint density at radius 3 is 2.61 bits per heavy atom. The molecule has 2 aromatic carbocycles. The molecule has 0 bridgehead atoms. The number of carbonyl (C=O) groups is 1. The summed E-state index contributed by atoms with van der Waals surface area (Å²) in [5.74, 6) is -0.299. The van der Waals surface area contributed by atoms with Crippen LogP contribution in [0.1, 0.15) is 10.4 Å². The van der Waals surface area contributed by atoms with Gasteiger partial charge in [-0.25, -0.2) is 22.6 Å². The van der Waals surface area contributed by atoms with Gasteiger partial charge in [0.2, 0.25) is 10.0 Å². The number of nitrogens with zero attached hydrogens (tertiary/aromatic N) is 1. The maximum atomic E-state index is 13.3. The number of sulfonamides is 1. The van der Waals surface area contributed by atoms with Crippen molar-refractivity contribution in [2.75, 3.05) is 21.6 Å². The summed E-state index contributed by atoms with van der Waals surface area (Å²) in [6.07, 6.45) is 3.18. The average Bonchev–Trinajstić information content (AvgIpc) is 3.00. The van der Waals surface area contributed by atoms with Crippen LogP contribution in [0.2, 0.25) is 0 Å². The largest absolute Gasteiger partial charge is 0.325 e. The number of aromatic nitrogens is 1. The van der Waals surface area contributed by atoms with Gasteiger partial charge in [0, 0.05) is 23.2 Å². The number of carbonyl (C=O) groups excluding carboxylic acids is 1. The van der Waals surface area contributed by atoms with Crippen molar-refractivity contribution in [1.29, 1.82) is 0 Å². The Balaban J connectivity index is 1.60. The summed E-state index contributed by atoms with van der Waals surface area (Å²) in [5.41, 5.74) is 1.57. The number of thiazole rings is 1. The highest BCUT2D eigenvalue weighted by molar-refractivity contribution is 7.92. The van der Waals surface area contributed by atoms with E-state index in [0.29, 0.717) is 22.9 Å². The molecule has 0 saturated heterocycles. The Morgan fingerprint density at radius 2 is 1.86 bits per heavy atom. The van der Waals surface area contributed by atoms with Gasteiger partial charge in [-0.3, -0.25) is 10.0 Å². The van der Waals surface area contributed by atoms with Crippen molar-refractivity contribution in [3.05, 3.63) is 71.0 Å². The van der Waals surface area contributed by atoms with Crippen LogP contribution in [-0.2, 0) is 16.4 Å². The first-order chi connectivity index (χ1) is 13.3. The van der Waals surface area contributed by atoms with Crippen molar-refractivity contribution in [2.45, 2.75) is 6.42 Å². The number of hydrogen-bond donors (Lipinski definition) is 3. The maximum Gasteiger partial charge on any atom is 0.325 e. The molecule has 0 spiro atoms. The van der Waals surface area contributed by atoms with Gasteiger partial charge in [0.05, 0.1) is 11.9 Å². The second-order valence-electron chi connectivity index (χ2n) is 5.97. The Morgan fingerprint density at radius 1 is 1.11 bits per heavy atom. The minimum absolute atomic E-state index is 0.299. The van der Waals surface area contributed by atoms with Gasteiger partial charge < -0.3 is 5.32 Å². The lowest BCUT2D eigenvalue weighted by molar-refractivity contribution is 0.262. The van der Waals surface area contributed by atoms with E-state index in [1.165, 1.54) is 29.5 Å². The molecule has 3 rings (SSSR count). The molecule has 0 unspecified atom stereocenters. The molecule has 1 heterocycles. The van der Waals surface area contributed by atoms with Crippen LogP contribution in [0, 0.1) is 5.82 Å². The smallest absolute Gasteiger partial charge is 0.308 e. The molecule has 0 aliphatic rings. The highest BCUT2D eigenvalue weighted by Crippen LogP contribution is 2.22. The van der Waals surface area contributed by atoms with E-state index in [1.807, 2.05) is 6.07 Å². The summed E-state index contributed by atoms with van der Waals surface area (Å²) in [7, 11) is -3.41. The zero-order valence-corrected chi connectivity index (χ0v) is 16.4. The second-order valence-corrected chi connectivity index (χ2v) is 8.84. The second kappa shape index (κ2) is 8.36. The number of halogens is 1. The lowest BCUT2D eigenvalue weighted by Crippen LogP contribution is -2.19. The zero-order valence-electron chi connectivity index (χ0n) is 14.8. The average molecular weight is 420 g/mol. The molecule has 1 aromatic heterocycles. The van der Waals surface area contributed by atoms with Gasteiger partial charge >= 0.3 is 6.03 Å². The zero-order chi connectivity index (χ0) is 20.1. The normalized spacial score (nSPS) is 11.1. The number of benzene rings is 2. The highest BCUT2D eigenvalue weighted by Gasteiger charge is 2.09. The van der Waals surface area contributed by atoms with Crippen LogP contribution in [-0.4, -0.2) is 25.7 Å². The molecule has 0 fully saturated rings. The van der Waals surface area contributed by atoms with Gasteiger partial charge in [0.25, 0.3) is 0 Å². The number of rotatable bonds is 6. The Hall–Kier alpha value is -2.98. The minimum atomic E-state index is -3.41. The van der Waals surface area contributed by atoms with E-state index in [-0.39, 0.29) is 5.82 Å². The van der Waals surface area contributed by atoms with Crippen LogP contribution in [0.3, 0.4) is 0 Å². The number of nitrogens with one attached hydrogen (secondary N) is 3. The number of amides is 2.